The largest absolute Gasteiger partial charge is 0.483 e. The van der Waals surface area contributed by atoms with E-state index >= 15 is 0 Å². The second kappa shape index (κ2) is 11.7. The van der Waals surface area contributed by atoms with E-state index in [2.05, 4.69) is 28.2 Å². The van der Waals surface area contributed by atoms with E-state index in [0.29, 0.717) is 33.1 Å². The van der Waals surface area contributed by atoms with Crippen molar-refractivity contribution in [2.75, 3.05) is 18.5 Å². The van der Waals surface area contributed by atoms with Crippen LogP contribution < -0.4 is 10.1 Å². The first-order valence-corrected chi connectivity index (χ1v) is 10.3. The first-order valence-electron chi connectivity index (χ1n) is 9.14. The van der Waals surface area contributed by atoms with Gasteiger partial charge in [-0.05, 0) is 64.8 Å². The van der Waals surface area contributed by atoms with Crippen molar-refractivity contribution in [3.05, 3.63) is 57.5 Å². The van der Waals surface area contributed by atoms with Gasteiger partial charge in [-0.2, -0.15) is 0 Å². The molecule has 150 valence electrons. The molecule has 2 aromatic rings. The molecule has 0 aromatic heterocycles. The molecule has 28 heavy (non-hydrogen) atoms. The Bertz CT molecular complexity index is 795. The highest BCUT2D eigenvalue weighted by Gasteiger charge is 2.09. The molecule has 0 spiro atoms. The highest BCUT2D eigenvalue weighted by atomic mass is 79.9. The van der Waals surface area contributed by atoms with E-state index in [1.807, 2.05) is 0 Å². The molecule has 2 aromatic carbocycles. The number of anilines is 1. The Kier molecular flexibility index (Phi) is 9.31. The van der Waals surface area contributed by atoms with Crippen molar-refractivity contribution in [3.8, 4) is 5.75 Å². The lowest BCUT2D eigenvalue weighted by Gasteiger charge is -2.10. The Morgan fingerprint density at radius 1 is 1.07 bits per heavy atom. The number of carbonyl (C=O) groups is 2. The van der Waals surface area contributed by atoms with E-state index in [0.717, 1.165) is 25.7 Å². The van der Waals surface area contributed by atoms with E-state index < -0.39 is 0 Å². The van der Waals surface area contributed by atoms with Crippen LogP contribution in [0.1, 0.15) is 43.0 Å². The van der Waals surface area contributed by atoms with E-state index in [-0.39, 0.29) is 18.5 Å². The van der Waals surface area contributed by atoms with Gasteiger partial charge in [-0.25, -0.2) is 4.79 Å². The monoisotopic (exact) mass is 467 g/mol. The van der Waals surface area contributed by atoms with Crippen molar-refractivity contribution in [1.29, 1.82) is 0 Å². The molecule has 1 N–H and O–H groups in total. The Hall–Kier alpha value is -2.05. The maximum absolute atomic E-state index is 12.0. The van der Waals surface area contributed by atoms with Crippen molar-refractivity contribution in [3.63, 3.8) is 0 Å². The van der Waals surface area contributed by atoms with Gasteiger partial charge < -0.3 is 14.8 Å². The standard InChI is InChI=1S/C21H23BrClNO4/c1-2-3-4-5-12-27-21(26)15-6-9-17(10-7-15)24-20(25)14-28-19-11-8-16(23)13-18(19)22/h6-11,13H,2-5,12,14H2,1H3,(H,24,25). The summed E-state index contributed by atoms with van der Waals surface area (Å²) in [4.78, 5) is 24.0. The summed E-state index contributed by atoms with van der Waals surface area (Å²) < 4.78 is 11.4. The normalized spacial score (nSPS) is 10.4. The van der Waals surface area contributed by atoms with E-state index in [9.17, 15) is 9.59 Å². The molecule has 0 unspecified atom stereocenters. The fourth-order valence-electron chi connectivity index (χ4n) is 2.40. The zero-order chi connectivity index (χ0) is 20.4. The Morgan fingerprint density at radius 2 is 1.82 bits per heavy atom. The maximum atomic E-state index is 12.0. The van der Waals surface area contributed by atoms with Crippen molar-refractivity contribution in [2.45, 2.75) is 32.6 Å². The Balaban J connectivity index is 1.78. The van der Waals surface area contributed by atoms with Crippen LogP contribution in [0.3, 0.4) is 0 Å². The number of hydrogen-bond acceptors (Lipinski definition) is 4. The fourth-order valence-corrected chi connectivity index (χ4v) is 3.20. The molecule has 7 heteroatoms. The lowest BCUT2D eigenvalue weighted by Crippen LogP contribution is -2.20. The van der Waals surface area contributed by atoms with Crippen LogP contribution in [0.4, 0.5) is 5.69 Å². The molecule has 0 radical (unpaired) electrons. The first-order chi connectivity index (χ1) is 13.5. The van der Waals surface area contributed by atoms with E-state index in [4.69, 9.17) is 21.1 Å². The van der Waals surface area contributed by atoms with Gasteiger partial charge in [0.25, 0.3) is 5.91 Å². The molecular formula is C21H23BrClNO4. The third-order valence-corrected chi connectivity index (χ3v) is 4.74. The van der Waals surface area contributed by atoms with Gasteiger partial charge in [0.2, 0.25) is 0 Å². The number of ether oxygens (including phenoxy) is 2. The molecule has 0 aliphatic rings. The van der Waals surface area contributed by atoms with Crippen LogP contribution in [0.25, 0.3) is 0 Å². The number of carbonyl (C=O) groups excluding carboxylic acids is 2. The summed E-state index contributed by atoms with van der Waals surface area (Å²) in [6, 6.07) is 11.6. The SMILES string of the molecule is CCCCCCOC(=O)c1ccc(NC(=O)COc2ccc(Cl)cc2Br)cc1. The second-order valence-electron chi connectivity index (χ2n) is 6.19. The van der Waals surface area contributed by atoms with Crippen LogP contribution in [0.2, 0.25) is 5.02 Å². The lowest BCUT2D eigenvalue weighted by atomic mass is 10.2. The first kappa shape index (κ1) is 22.2. The predicted molar refractivity (Wildman–Crippen MR) is 114 cm³/mol. The number of amides is 1. The molecule has 0 fully saturated rings. The van der Waals surface area contributed by atoms with Crippen LogP contribution in [0.5, 0.6) is 5.75 Å². The van der Waals surface area contributed by atoms with Gasteiger partial charge >= 0.3 is 5.97 Å². The quantitative estimate of drug-likeness (QED) is 0.350. The lowest BCUT2D eigenvalue weighted by molar-refractivity contribution is -0.118. The highest BCUT2D eigenvalue weighted by molar-refractivity contribution is 9.10. The van der Waals surface area contributed by atoms with Crippen LogP contribution in [0.15, 0.2) is 46.9 Å². The maximum Gasteiger partial charge on any atom is 0.338 e. The summed E-state index contributed by atoms with van der Waals surface area (Å²) in [6.07, 6.45) is 4.22. The van der Waals surface area contributed by atoms with Gasteiger partial charge in [0, 0.05) is 10.7 Å². The third kappa shape index (κ3) is 7.52. The minimum atomic E-state index is -0.356. The number of nitrogens with one attached hydrogen (secondary N) is 1. The van der Waals surface area contributed by atoms with Crippen LogP contribution in [-0.4, -0.2) is 25.1 Å². The highest BCUT2D eigenvalue weighted by Crippen LogP contribution is 2.27. The van der Waals surface area contributed by atoms with Crippen molar-refractivity contribution >= 4 is 45.1 Å². The zero-order valence-electron chi connectivity index (χ0n) is 15.7. The molecule has 0 aliphatic heterocycles. The van der Waals surface area contributed by atoms with E-state index in [1.165, 1.54) is 0 Å². The number of rotatable bonds is 10. The molecule has 0 saturated heterocycles. The predicted octanol–water partition coefficient (Wildman–Crippen LogP) is 5.86. The molecule has 0 atom stereocenters. The summed E-state index contributed by atoms with van der Waals surface area (Å²) in [7, 11) is 0. The van der Waals surface area contributed by atoms with Gasteiger partial charge in [0.1, 0.15) is 5.75 Å². The van der Waals surface area contributed by atoms with Gasteiger partial charge in [0.05, 0.1) is 16.6 Å². The average molecular weight is 469 g/mol. The third-order valence-electron chi connectivity index (χ3n) is 3.89. The molecular weight excluding hydrogens is 446 g/mol. The van der Waals surface area contributed by atoms with Crippen LogP contribution in [-0.2, 0) is 9.53 Å². The summed E-state index contributed by atoms with van der Waals surface area (Å²) in [6.45, 7) is 2.41. The van der Waals surface area contributed by atoms with Crippen molar-refractivity contribution < 1.29 is 19.1 Å². The summed E-state index contributed by atoms with van der Waals surface area (Å²) in [5, 5.41) is 3.29. The topological polar surface area (TPSA) is 64.6 Å². The van der Waals surface area contributed by atoms with Crippen molar-refractivity contribution in [1.82, 2.24) is 0 Å². The Morgan fingerprint density at radius 3 is 2.50 bits per heavy atom. The number of hydrogen-bond donors (Lipinski definition) is 1. The molecule has 0 aliphatic carbocycles. The number of esters is 1. The number of halogens is 2. The molecule has 1 amide bonds. The number of benzene rings is 2. The van der Waals surface area contributed by atoms with Crippen molar-refractivity contribution in [2.24, 2.45) is 0 Å². The summed E-state index contributed by atoms with van der Waals surface area (Å²) in [5.74, 6) is -0.144. The molecule has 2 rings (SSSR count). The second-order valence-corrected chi connectivity index (χ2v) is 7.48. The minimum absolute atomic E-state index is 0.151. The van der Waals surface area contributed by atoms with Gasteiger partial charge in [-0.15, -0.1) is 0 Å². The van der Waals surface area contributed by atoms with Crippen LogP contribution in [0, 0.1) is 0 Å². The van der Waals surface area contributed by atoms with Gasteiger partial charge in [-0.3, -0.25) is 4.79 Å². The van der Waals surface area contributed by atoms with Crippen LogP contribution >= 0.6 is 27.5 Å². The molecule has 5 nitrogen and oxygen atoms in total. The number of unbranched alkanes of at least 4 members (excludes halogenated alkanes) is 3. The smallest absolute Gasteiger partial charge is 0.338 e. The zero-order valence-corrected chi connectivity index (χ0v) is 18.0. The molecule has 0 heterocycles. The summed E-state index contributed by atoms with van der Waals surface area (Å²) >= 11 is 9.20. The molecule has 0 saturated carbocycles. The summed E-state index contributed by atoms with van der Waals surface area (Å²) in [5.41, 5.74) is 1.03. The fraction of sp³-hybridized carbons (Fsp3) is 0.333. The van der Waals surface area contributed by atoms with Gasteiger partial charge in [0.15, 0.2) is 6.61 Å². The minimum Gasteiger partial charge on any atom is -0.483 e. The average Bonchev–Trinajstić information content (AvgIpc) is 2.67. The van der Waals surface area contributed by atoms with E-state index in [1.54, 1.807) is 42.5 Å². The molecule has 0 bridgehead atoms. The van der Waals surface area contributed by atoms with Gasteiger partial charge in [-0.1, -0.05) is 37.8 Å². The Labute approximate surface area is 178 Å².